The molecule has 1 amide bonds. The lowest BCUT2D eigenvalue weighted by Gasteiger charge is -2.28. The van der Waals surface area contributed by atoms with Crippen LogP contribution in [-0.2, 0) is 20.9 Å². The Balaban J connectivity index is 1.47. The predicted molar refractivity (Wildman–Crippen MR) is 150 cm³/mol. The van der Waals surface area contributed by atoms with Crippen LogP contribution in [0.3, 0.4) is 0 Å². The summed E-state index contributed by atoms with van der Waals surface area (Å²) in [6.45, 7) is 5.66. The number of hydrogen-bond acceptors (Lipinski definition) is 5. The molecule has 39 heavy (non-hydrogen) atoms. The Labute approximate surface area is 232 Å². The Bertz CT molecular complexity index is 1300. The van der Waals surface area contributed by atoms with E-state index in [-0.39, 0.29) is 35.8 Å². The lowest BCUT2D eigenvalue weighted by atomic mass is 9.85. The van der Waals surface area contributed by atoms with Crippen LogP contribution in [0.5, 0.6) is 5.75 Å². The number of nitrogens with one attached hydrogen (secondary N) is 1. The average Bonchev–Trinajstić information content (AvgIpc) is 3.58. The fraction of sp³-hybridized carbons (Fsp3) is 0.419. The highest BCUT2D eigenvalue weighted by Crippen LogP contribution is 2.44. The minimum Gasteiger partial charge on any atom is -0.493 e. The molecule has 1 aliphatic rings. The quantitative estimate of drug-likeness (QED) is 0.266. The Hall–Kier alpha value is -3.26. The SMILES string of the molecule is COC(=O)CCNC(=O)c1ccc(C2(COc3cc(C)c(-c4ccc(C(C)(F)F)cc4)c(C)c3)CCCC2)s1. The van der Waals surface area contributed by atoms with Crippen molar-refractivity contribution in [3.63, 3.8) is 0 Å². The van der Waals surface area contributed by atoms with E-state index in [9.17, 15) is 18.4 Å². The standard InChI is InChI=1S/C31H35F2NO4S/c1-20-17-24(18-21(2)28(20)22-7-9-23(10-8-22)30(3,32)33)38-19-31(14-5-6-15-31)26-12-11-25(39-26)29(36)34-16-13-27(35)37-4/h7-12,17-18H,5-6,13-16,19H2,1-4H3,(H,34,36). The van der Waals surface area contributed by atoms with Crippen LogP contribution < -0.4 is 10.1 Å². The number of benzene rings is 2. The topological polar surface area (TPSA) is 64.6 Å². The van der Waals surface area contributed by atoms with Gasteiger partial charge in [-0.15, -0.1) is 11.3 Å². The van der Waals surface area contributed by atoms with Crippen LogP contribution in [0.4, 0.5) is 8.78 Å². The highest BCUT2D eigenvalue weighted by molar-refractivity contribution is 7.14. The van der Waals surface area contributed by atoms with Crippen LogP contribution in [0, 0.1) is 13.8 Å². The second kappa shape index (κ2) is 11.9. The van der Waals surface area contributed by atoms with E-state index >= 15 is 0 Å². The molecule has 0 unspecified atom stereocenters. The van der Waals surface area contributed by atoms with E-state index in [1.807, 2.05) is 38.1 Å². The molecule has 2 aromatic carbocycles. The third-order valence-corrected chi connectivity index (χ3v) is 8.79. The minimum absolute atomic E-state index is 0.00113. The molecule has 4 rings (SSSR count). The van der Waals surface area contributed by atoms with Crippen molar-refractivity contribution in [1.29, 1.82) is 0 Å². The Morgan fingerprint density at radius 3 is 2.26 bits per heavy atom. The Kier molecular flexibility index (Phi) is 8.74. The fourth-order valence-corrected chi connectivity index (χ4v) is 6.49. The number of halogens is 2. The van der Waals surface area contributed by atoms with Gasteiger partial charge in [-0.05, 0) is 73.2 Å². The molecule has 8 heteroatoms. The minimum atomic E-state index is -2.87. The molecule has 0 radical (unpaired) electrons. The van der Waals surface area contributed by atoms with Crippen molar-refractivity contribution in [2.24, 2.45) is 0 Å². The number of aryl methyl sites for hydroxylation is 2. The fourth-order valence-electron chi connectivity index (χ4n) is 5.34. The molecule has 1 aromatic heterocycles. The number of thiophene rings is 1. The highest BCUT2D eigenvalue weighted by Gasteiger charge is 2.38. The summed E-state index contributed by atoms with van der Waals surface area (Å²) >= 11 is 1.48. The number of amides is 1. The first kappa shape index (κ1) is 28.7. The zero-order chi connectivity index (χ0) is 28.2. The van der Waals surface area contributed by atoms with Crippen molar-refractivity contribution < 1.29 is 27.8 Å². The first-order valence-corrected chi connectivity index (χ1v) is 14.0. The van der Waals surface area contributed by atoms with Gasteiger partial charge in [0.2, 0.25) is 0 Å². The normalized spacial score (nSPS) is 14.7. The second-order valence-corrected chi connectivity index (χ2v) is 11.5. The smallest absolute Gasteiger partial charge is 0.307 e. The largest absolute Gasteiger partial charge is 0.493 e. The first-order valence-electron chi connectivity index (χ1n) is 13.2. The maximum absolute atomic E-state index is 13.6. The summed E-state index contributed by atoms with van der Waals surface area (Å²) in [7, 11) is 1.33. The summed E-state index contributed by atoms with van der Waals surface area (Å²) in [5.74, 6) is -2.65. The molecule has 3 aromatic rings. The van der Waals surface area contributed by atoms with Crippen LogP contribution in [0.25, 0.3) is 11.1 Å². The number of rotatable bonds is 10. The van der Waals surface area contributed by atoms with Gasteiger partial charge in [-0.1, -0.05) is 37.1 Å². The van der Waals surface area contributed by atoms with Gasteiger partial charge < -0.3 is 14.8 Å². The van der Waals surface area contributed by atoms with E-state index in [4.69, 9.17) is 4.74 Å². The molecular formula is C31H35F2NO4S. The summed E-state index contributed by atoms with van der Waals surface area (Å²) in [6.07, 6.45) is 4.32. The summed E-state index contributed by atoms with van der Waals surface area (Å²) in [5, 5.41) is 2.78. The number of hydrogen-bond donors (Lipinski definition) is 1. The number of carbonyl (C=O) groups is 2. The van der Waals surface area contributed by atoms with Gasteiger partial charge in [0, 0.05) is 29.3 Å². The van der Waals surface area contributed by atoms with Gasteiger partial charge in [-0.25, -0.2) is 8.78 Å². The molecule has 208 valence electrons. The lowest BCUT2D eigenvalue weighted by Crippen LogP contribution is -2.29. The lowest BCUT2D eigenvalue weighted by molar-refractivity contribution is -0.140. The third-order valence-electron chi connectivity index (χ3n) is 7.46. The van der Waals surface area contributed by atoms with Crippen molar-refractivity contribution in [2.75, 3.05) is 20.3 Å². The van der Waals surface area contributed by atoms with E-state index in [1.165, 1.54) is 30.6 Å². The molecule has 0 bridgehead atoms. The van der Waals surface area contributed by atoms with Crippen LogP contribution in [0.2, 0.25) is 0 Å². The van der Waals surface area contributed by atoms with Crippen molar-refractivity contribution in [1.82, 2.24) is 5.32 Å². The predicted octanol–water partition coefficient (Wildman–Crippen LogP) is 7.33. The molecule has 0 aliphatic heterocycles. The number of methoxy groups -OCH3 is 1. The van der Waals surface area contributed by atoms with Crippen molar-refractivity contribution in [2.45, 2.75) is 64.2 Å². The summed E-state index contributed by atoms with van der Waals surface area (Å²) < 4.78 is 38.3. The maximum Gasteiger partial charge on any atom is 0.307 e. The maximum atomic E-state index is 13.6. The molecule has 1 aliphatic carbocycles. The van der Waals surface area contributed by atoms with Crippen molar-refractivity contribution >= 4 is 23.2 Å². The van der Waals surface area contributed by atoms with Crippen molar-refractivity contribution in [3.05, 3.63) is 75.0 Å². The van der Waals surface area contributed by atoms with Crippen LogP contribution in [0.15, 0.2) is 48.5 Å². The third kappa shape index (κ3) is 6.67. The number of ether oxygens (including phenoxy) is 2. The van der Waals surface area contributed by atoms with Gasteiger partial charge in [-0.2, -0.15) is 0 Å². The second-order valence-electron chi connectivity index (χ2n) is 10.4. The zero-order valence-corrected chi connectivity index (χ0v) is 23.7. The van der Waals surface area contributed by atoms with Gasteiger partial charge in [-0.3, -0.25) is 9.59 Å². The zero-order valence-electron chi connectivity index (χ0n) is 22.9. The molecule has 0 spiro atoms. The van der Waals surface area contributed by atoms with E-state index in [0.717, 1.165) is 65.5 Å². The molecule has 0 saturated heterocycles. The average molecular weight is 556 g/mol. The molecule has 1 saturated carbocycles. The molecular weight excluding hydrogens is 520 g/mol. The highest BCUT2D eigenvalue weighted by atomic mass is 32.1. The van der Waals surface area contributed by atoms with E-state index in [1.54, 1.807) is 12.1 Å². The first-order chi connectivity index (χ1) is 18.5. The van der Waals surface area contributed by atoms with Gasteiger partial charge in [0.1, 0.15) is 5.75 Å². The number of esters is 1. The van der Waals surface area contributed by atoms with Gasteiger partial charge >= 0.3 is 5.97 Å². The monoisotopic (exact) mass is 555 g/mol. The van der Waals surface area contributed by atoms with Crippen LogP contribution in [0.1, 0.15) is 70.3 Å². The molecule has 1 fully saturated rings. The Morgan fingerprint density at radius 2 is 1.67 bits per heavy atom. The Morgan fingerprint density at radius 1 is 1.03 bits per heavy atom. The molecule has 5 nitrogen and oxygen atoms in total. The number of alkyl halides is 2. The molecule has 1 N–H and O–H groups in total. The summed E-state index contributed by atoms with van der Waals surface area (Å²) in [5.41, 5.74) is 3.79. The van der Waals surface area contributed by atoms with E-state index < -0.39 is 5.92 Å². The van der Waals surface area contributed by atoms with Crippen molar-refractivity contribution in [3.8, 4) is 16.9 Å². The van der Waals surface area contributed by atoms with Crippen LogP contribution in [-0.4, -0.2) is 32.1 Å². The summed E-state index contributed by atoms with van der Waals surface area (Å²) in [6, 6.07) is 14.3. The summed E-state index contributed by atoms with van der Waals surface area (Å²) in [4.78, 5) is 25.7. The van der Waals surface area contributed by atoms with Crippen LogP contribution >= 0.6 is 11.3 Å². The van der Waals surface area contributed by atoms with Gasteiger partial charge in [0.05, 0.1) is 25.0 Å². The van der Waals surface area contributed by atoms with E-state index in [2.05, 4.69) is 10.1 Å². The van der Waals surface area contributed by atoms with Gasteiger partial charge in [0.25, 0.3) is 11.8 Å². The molecule has 1 heterocycles. The molecule has 0 atom stereocenters. The van der Waals surface area contributed by atoms with Gasteiger partial charge in [0.15, 0.2) is 0 Å². The van der Waals surface area contributed by atoms with E-state index in [0.29, 0.717) is 11.5 Å². The number of carbonyl (C=O) groups excluding carboxylic acids is 2.